The maximum Gasteiger partial charge on any atom is 0.261 e. The van der Waals surface area contributed by atoms with E-state index in [0.717, 1.165) is 53.9 Å². The van der Waals surface area contributed by atoms with Crippen molar-refractivity contribution in [2.24, 2.45) is 0 Å². The summed E-state index contributed by atoms with van der Waals surface area (Å²) in [6.45, 7) is 2.91. The summed E-state index contributed by atoms with van der Waals surface area (Å²) >= 11 is 0. The summed E-state index contributed by atoms with van der Waals surface area (Å²) < 4.78 is 13.2. The van der Waals surface area contributed by atoms with Crippen LogP contribution in [-0.4, -0.2) is 70.6 Å². The number of anilines is 1. The molecule has 0 unspecified atom stereocenters. The molecule has 0 saturated carbocycles. The number of rotatable bonds is 8. The van der Waals surface area contributed by atoms with E-state index in [-0.39, 0.29) is 43.1 Å². The molecule has 256 valence electrons. The molecule has 8 rings (SSSR count). The Morgan fingerprint density at radius 1 is 0.740 bits per heavy atom. The number of nitrogens with one attached hydrogen (secondary N) is 1. The first-order chi connectivity index (χ1) is 24.4. The van der Waals surface area contributed by atoms with Crippen molar-refractivity contribution in [3.8, 4) is 0 Å². The smallest absolute Gasteiger partial charge is 0.261 e. The number of nitrogens with zero attached hydrogens (tertiary/aromatic N) is 3. The molecule has 0 aromatic heterocycles. The van der Waals surface area contributed by atoms with Crippen LogP contribution >= 0.6 is 0 Å². The second-order valence-electron chi connectivity index (χ2n) is 13.6. The number of amides is 3. The van der Waals surface area contributed by atoms with Crippen LogP contribution in [0.4, 0.5) is 5.69 Å². The van der Waals surface area contributed by atoms with Crippen molar-refractivity contribution < 1.29 is 29.0 Å². The van der Waals surface area contributed by atoms with Crippen molar-refractivity contribution in [1.29, 1.82) is 0 Å². The maximum absolute atomic E-state index is 13.2. The Morgan fingerprint density at radius 2 is 1.36 bits per heavy atom. The van der Waals surface area contributed by atoms with E-state index in [1.54, 1.807) is 24.3 Å². The number of fused-ring (bicyclic) bond motifs is 1. The molecule has 3 amide bonds. The number of carbonyl (C=O) groups is 3. The standard InChI is InChI=1S/C40H40N4O6/c45-25-28-12-14-29(15-13-28)35-22-32(24-42-20-18-40(19-21-42)39(48)41-26-44(40)31-6-2-1-3-7-31)49-38(50-35)30-16-10-27(11-17-30)23-43-36(46)33-8-4-5-9-34(33)37(43)47/h1-17,32,35,38,45H,18-26H2,(H,41,48)/t32-,35+,38+/m0/s1. The van der Waals surface area contributed by atoms with E-state index in [1.165, 1.54) is 4.90 Å². The molecule has 10 heteroatoms. The van der Waals surface area contributed by atoms with Gasteiger partial charge in [-0.25, -0.2) is 0 Å². The van der Waals surface area contributed by atoms with Crippen LogP contribution in [0.5, 0.6) is 0 Å². The van der Waals surface area contributed by atoms with E-state index in [2.05, 4.69) is 27.2 Å². The van der Waals surface area contributed by atoms with Gasteiger partial charge in [0.2, 0.25) is 5.91 Å². The van der Waals surface area contributed by atoms with E-state index in [1.807, 2.05) is 66.7 Å². The van der Waals surface area contributed by atoms with Gasteiger partial charge in [-0.05, 0) is 53.8 Å². The highest BCUT2D eigenvalue weighted by molar-refractivity contribution is 6.21. The first-order valence-electron chi connectivity index (χ1n) is 17.3. The van der Waals surface area contributed by atoms with Gasteiger partial charge in [-0.2, -0.15) is 0 Å². The summed E-state index contributed by atoms with van der Waals surface area (Å²) in [5.74, 6) is -0.464. The lowest BCUT2D eigenvalue weighted by atomic mass is 9.85. The minimum Gasteiger partial charge on any atom is -0.392 e. The number of imide groups is 1. The molecule has 3 fully saturated rings. The molecule has 0 radical (unpaired) electrons. The van der Waals surface area contributed by atoms with Crippen LogP contribution in [0, 0.1) is 0 Å². The van der Waals surface area contributed by atoms with Crippen molar-refractivity contribution in [2.45, 2.75) is 56.5 Å². The molecule has 4 heterocycles. The number of likely N-dealkylation sites (tertiary alicyclic amines) is 1. The monoisotopic (exact) mass is 672 g/mol. The minimum absolute atomic E-state index is 0.0244. The van der Waals surface area contributed by atoms with E-state index in [4.69, 9.17) is 9.47 Å². The zero-order chi connectivity index (χ0) is 34.2. The lowest BCUT2D eigenvalue weighted by molar-refractivity contribution is -0.253. The van der Waals surface area contributed by atoms with Crippen LogP contribution in [0.25, 0.3) is 0 Å². The normalized spacial score (nSPS) is 23.4. The van der Waals surface area contributed by atoms with Crippen molar-refractivity contribution in [2.75, 3.05) is 31.2 Å². The van der Waals surface area contributed by atoms with Crippen LogP contribution in [0.15, 0.2) is 103 Å². The van der Waals surface area contributed by atoms with Gasteiger partial charge in [0.25, 0.3) is 11.8 Å². The quantitative estimate of drug-likeness (QED) is 0.253. The Bertz CT molecular complexity index is 1840. The SMILES string of the molecule is O=C1c2ccccc2C(=O)N1Cc1ccc([C@@H]2O[C@H](CN3CCC4(CC3)C(=O)NCN4c3ccccc3)C[C@H](c3ccc(CO)cc3)O2)cc1. The van der Waals surface area contributed by atoms with Gasteiger partial charge in [-0.15, -0.1) is 0 Å². The second kappa shape index (κ2) is 13.4. The first kappa shape index (κ1) is 32.3. The predicted molar refractivity (Wildman–Crippen MR) is 186 cm³/mol. The van der Waals surface area contributed by atoms with Gasteiger partial charge in [0.1, 0.15) is 5.54 Å². The molecular formula is C40H40N4O6. The minimum atomic E-state index is -0.630. The van der Waals surface area contributed by atoms with Gasteiger partial charge in [0.15, 0.2) is 6.29 Å². The number of hydrogen-bond donors (Lipinski definition) is 2. The summed E-state index contributed by atoms with van der Waals surface area (Å²) in [7, 11) is 0. The van der Waals surface area contributed by atoms with Crippen molar-refractivity contribution >= 4 is 23.4 Å². The molecule has 4 aromatic rings. The highest BCUT2D eigenvalue weighted by Crippen LogP contribution is 2.40. The number of hydrogen-bond acceptors (Lipinski definition) is 8. The average Bonchev–Trinajstić information content (AvgIpc) is 3.61. The first-order valence-corrected chi connectivity index (χ1v) is 17.3. The molecular weight excluding hydrogens is 632 g/mol. The summed E-state index contributed by atoms with van der Waals surface area (Å²) in [6.07, 6.45) is 1.11. The molecule has 3 atom stereocenters. The summed E-state index contributed by atoms with van der Waals surface area (Å²) in [5, 5.41) is 12.7. The Hall–Kier alpha value is -4.87. The molecule has 4 aliphatic rings. The fraction of sp³-hybridized carbons (Fsp3) is 0.325. The number of carbonyl (C=O) groups excluding carboxylic acids is 3. The van der Waals surface area contributed by atoms with Crippen LogP contribution in [0.3, 0.4) is 0 Å². The topological polar surface area (TPSA) is 112 Å². The number of aliphatic hydroxyl groups is 1. The third kappa shape index (κ3) is 5.98. The summed E-state index contributed by atoms with van der Waals surface area (Å²) in [6, 6.07) is 32.6. The zero-order valence-electron chi connectivity index (χ0n) is 27.7. The van der Waals surface area contributed by atoms with Crippen LogP contribution in [0.2, 0.25) is 0 Å². The van der Waals surface area contributed by atoms with Gasteiger partial charge in [0.05, 0.1) is 43.2 Å². The van der Waals surface area contributed by atoms with Crippen LogP contribution in [0.1, 0.15) is 74.6 Å². The molecule has 3 saturated heterocycles. The Kier molecular flexibility index (Phi) is 8.70. The van der Waals surface area contributed by atoms with Crippen molar-refractivity contribution in [3.05, 3.63) is 137 Å². The fourth-order valence-electron chi connectivity index (χ4n) is 7.80. The number of piperidine rings is 1. The zero-order valence-corrected chi connectivity index (χ0v) is 27.7. The largest absolute Gasteiger partial charge is 0.392 e. The van der Waals surface area contributed by atoms with Gasteiger partial charge in [-0.3, -0.25) is 19.3 Å². The summed E-state index contributed by atoms with van der Waals surface area (Å²) in [5.41, 5.74) is 4.90. The Balaban J connectivity index is 0.970. The predicted octanol–water partition coefficient (Wildman–Crippen LogP) is 4.95. The van der Waals surface area contributed by atoms with E-state index in [0.29, 0.717) is 30.8 Å². The lowest BCUT2D eigenvalue weighted by Gasteiger charge is -2.45. The third-order valence-electron chi connectivity index (χ3n) is 10.6. The third-order valence-corrected chi connectivity index (χ3v) is 10.6. The van der Waals surface area contributed by atoms with Crippen LogP contribution < -0.4 is 10.2 Å². The van der Waals surface area contributed by atoms with Crippen molar-refractivity contribution in [1.82, 2.24) is 15.1 Å². The lowest BCUT2D eigenvalue weighted by Crippen LogP contribution is -2.57. The second-order valence-corrected chi connectivity index (χ2v) is 13.6. The average molecular weight is 673 g/mol. The maximum atomic E-state index is 13.2. The molecule has 4 aliphatic heterocycles. The van der Waals surface area contributed by atoms with Gasteiger partial charge in [0, 0.05) is 37.3 Å². The molecule has 10 nitrogen and oxygen atoms in total. The molecule has 0 bridgehead atoms. The fourth-order valence-corrected chi connectivity index (χ4v) is 7.80. The highest BCUT2D eigenvalue weighted by atomic mass is 16.7. The molecule has 0 aliphatic carbocycles. The van der Waals surface area contributed by atoms with Crippen LogP contribution in [-0.2, 0) is 27.4 Å². The van der Waals surface area contributed by atoms with E-state index < -0.39 is 11.8 Å². The molecule has 2 N–H and O–H groups in total. The van der Waals surface area contributed by atoms with E-state index in [9.17, 15) is 19.5 Å². The number of para-hydroxylation sites is 1. The van der Waals surface area contributed by atoms with Gasteiger partial charge >= 0.3 is 0 Å². The molecule has 1 spiro atoms. The molecule has 50 heavy (non-hydrogen) atoms. The summed E-state index contributed by atoms with van der Waals surface area (Å²) in [4.78, 5) is 45.0. The highest BCUT2D eigenvalue weighted by Gasteiger charge is 2.50. The van der Waals surface area contributed by atoms with Gasteiger partial charge in [-0.1, -0.05) is 78.9 Å². The number of ether oxygens (including phenoxy) is 2. The number of benzene rings is 4. The Labute approximate surface area is 291 Å². The molecule has 4 aromatic carbocycles. The van der Waals surface area contributed by atoms with Gasteiger partial charge < -0.3 is 29.7 Å². The van der Waals surface area contributed by atoms with E-state index >= 15 is 0 Å². The van der Waals surface area contributed by atoms with Crippen molar-refractivity contribution in [3.63, 3.8) is 0 Å². The number of aliphatic hydroxyl groups excluding tert-OH is 1. The Morgan fingerprint density at radius 3 is 2.02 bits per heavy atom.